The van der Waals surface area contributed by atoms with E-state index in [2.05, 4.69) is 43.4 Å². The highest BCUT2D eigenvalue weighted by atomic mass is 15.2. The minimum absolute atomic E-state index is 0.0860. The molecule has 0 heterocycles. The standard InChI is InChI=1S/C12H16N2/c1-4-12(14-13)8-11-6-5-9(2)10(3)7-11/h1,5-7,12,14H,8,13H2,2-3H3. The van der Waals surface area contributed by atoms with Gasteiger partial charge in [-0.3, -0.25) is 5.84 Å². The van der Waals surface area contributed by atoms with Crippen molar-refractivity contribution in [3.8, 4) is 12.3 Å². The smallest absolute Gasteiger partial charge is 0.0855 e. The lowest BCUT2D eigenvalue weighted by molar-refractivity contribution is 0.633. The number of hydrazine groups is 1. The zero-order valence-corrected chi connectivity index (χ0v) is 8.67. The van der Waals surface area contributed by atoms with E-state index in [1.54, 1.807) is 0 Å². The van der Waals surface area contributed by atoms with Gasteiger partial charge >= 0.3 is 0 Å². The molecule has 1 rings (SSSR count). The monoisotopic (exact) mass is 188 g/mol. The molecule has 0 radical (unpaired) electrons. The van der Waals surface area contributed by atoms with Crippen molar-refractivity contribution in [3.63, 3.8) is 0 Å². The minimum Gasteiger partial charge on any atom is -0.270 e. The maximum Gasteiger partial charge on any atom is 0.0855 e. The van der Waals surface area contributed by atoms with Gasteiger partial charge in [0, 0.05) is 6.42 Å². The number of hydrogen-bond acceptors (Lipinski definition) is 2. The van der Waals surface area contributed by atoms with Gasteiger partial charge in [-0.25, -0.2) is 5.43 Å². The Hall–Kier alpha value is -1.30. The number of nitrogens with two attached hydrogens (primary N) is 1. The van der Waals surface area contributed by atoms with Crippen molar-refractivity contribution in [2.24, 2.45) is 5.84 Å². The van der Waals surface area contributed by atoms with Crippen LogP contribution < -0.4 is 11.3 Å². The third-order valence-corrected chi connectivity index (χ3v) is 2.41. The van der Waals surface area contributed by atoms with Crippen LogP contribution in [0.3, 0.4) is 0 Å². The van der Waals surface area contributed by atoms with Crippen molar-refractivity contribution >= 4 is 0 Å². The molecule has 0 aliphatic carbocycles. The molecule has 74 valence electrons. The highest BCUT2D eigenvalue weighted by Crippen LogP contribution is 2.11. The average Bonchev–Trinajstić information content (AvgIpc) is 2.19. The number of aryl methyl sites for hydroxylation is 2. The molecule has 1 atom stereocenters. The summed E-state index contributed by atoms with van der Waals surface area (Å²) in [5.41, 5.74) is 6.40. The third kappa shape index (κ3) is 2.59. The molecule has 0 saturated heterocycles. The molecule has 3 N–H and O–H groups in total. The van der Waals surface area contributed by atoms with Gasteiger partial charge in [0.25, 0.3) is 0 Å². The number of benzene rings is 1. The summed E-state index contributed by atoms with van der Waals surface area (Å²) in [5.74, 6) is 7.90. The maximum atomic E-state index is 5.31. The quantitative estimate of drug-likeness (QED) is 0.426. The highest BCUT2D eigenvalue weighted by molar-refractivity contribution is 5.31. The van der Waals surface area contributed by atoms with Gasteiger partial charge in [-0.15, -0.1) is 6.42 Å². The summed E-state index contributed by atoms with van der Waals surface area (Å²) in [4.78, 5) is 0. The van der Waals surface area contributed by atoms with Crippen LogP contribution in [0, 0.1) is 26.2 Å². The van der Waals surface area contributed by atoms with E-state index in [0.29, 0.717) is 0 Å². The Kier molecular flexibility index (Phi) is 3.70. The van der Waals surface area contributed by atoms with Crippen molar-refractivity contribution in [2.75, 3.05) is 0 Å². The van der Waals surface area contributed by atoms with Crippen LogP contribution in [0.25, 0.3) is 0 Å². The van der Waals surface area contributed by atoms with Crippen LogP contribution in [0.2, 0.25) is 0 Å². The average molecular weight is 188 g/mol. The Labute approximate surface area is 85.5 Å². The summed E-state index contributed by atoms with van der Waals surface area (Å²) in [7, 11) is 0. The minimum atomic E-state index is -0.0860. The normalized spacial score (nSPS) is 12.1. The molecule has 0 bridgehead atoms. The van der Waals surface area contributed by atoms with E-state index in [1.807, 2.05) is 0 Å². The van der Waals surface area contributed by atoms with Gasteiger partial charge in [0.05, 0.1) is 6.04 Å². The van der Waals surface area contributed by atoms with Crippen molar-refractivity contribution in [3.05, 3.63) is 34.9 Å². The zero-order valence-electron chi connectivity index (χ0n) is 8.67. The Balaban J connectivity index is 2.78. The predicted molar refractivity (Wildman–Crippen MR) is 59.6 cm³/mol. The maximum absolute atomic E-state index is 5.31. The van der Waals surface area contributed by atoms with Crippen LogP contribution in [0.1, 0.15) is 16.7 Å². The lowest BCUT2D eigenvalue weighted by Gasteiger charge is -2.10. The summed E-state index contributed by atoms with van der Waals surface area (Å²) in [5, 5.41) is 0. The second-order valence-corrected chi connectivity index (χ2v) is 3.51. The molecule has 0 fully saturated rings. The molecule has 0 saturated carbocycles. The second kappa shape index (κ2) is 4.80. The van der Waals surface area contributed by atoms with Crippen molar-refractivity contribution < 1.29 is 0 Å². The summed E-state index contributed by atoms with van der Waals surface area (Å²) >= 11 is 0. The Morgan fingerprint density at radius 2 is 2.14 bits per heavy atom. The van der Waals surface area contributed by atoms with Gasteiger partial charge < -0.3 is 0 Å². The molecule has 0 spiro atoms. The van der Waals surface area contributed by atoms with Crippen LogP contribution in [-0.4, -0.2) is 6.04 Å². The van der Waals surface area contributed by atoms with E-state index < -0.39 is 0 Å². The highest BCUT2D eigenvalue weighted by Gasteiger charge is 2.03. The van der Waals surface area contributed by atoms with Crippen LogP contribution in [0.5, 0.6) is 0 Å². The fourth-order valence-corrected chi connectivity index (χ4v) is 1.33. The molecule has 0 aliphatic heterocycles. The zero-order chi connectivity index (χ0) is 10.6. The molecular weight excluding hydrogens is 172 g/mol. The van der Waals surface area contributed by atoms with E-state index in [1.165, 1.54) is 16.7 Å². The van der Waals surface area contributed by atoms with E-state index >= 15 is 0 Å². The number of nitrogens with one attached hydrogen (secondary N) is 1. The van der Waals surface area contributed by atoms with Gasteiger partial charge in [-0.2, -0.15) is 0 Å². The molecule has 0 aliphatic rings. The van der Waals surface area contributed by atoms with E-state index in [4.69, 9.17) is 12.3 Å². The molecule has 14 heavy (non-hydrogen) atoms. The van der Waals surface area contributed by atoms with Crippen molar-refractivity contribution in [1.29, 1.82) is 0 Å². The second-order valence-electron chi connectivity index (χ2n) is 3.51. The van der Waals surface area contributed by atoms with E-state index in [0.717, 1.165) is 6.42 Å². The molecular formula is C12H16N2. The predicted octanol–water partition coefficient (Wildman–Crippen LogP) is 1.31. The first-order valence-electron chi connectivity index (χ1n) is 4.65. The fourth-order valence-electron chi connectivity index (χ4n) is 1.33. The SMILES string of the molecule is C#CC(Cc1ccc(C)c(C)c1)NN. The molecule has 1 aromatic rings. The number of terminal acetylenes is 1. The van der Waals surface area contributed by atoms with Crippen LogP contribution in [0.15, 0.2) is 18.2 Å². The van der Waals surface area contributed by atoms with E-state index in [-0.39, 0.29) is 6.04 Å². The number of rotatable bonds is 3. The molecule has 1 unspecified atom stereocenters. The first-order chi connectivity index (χ1) is 6.67. The molecule has 2 nitrogen and oxygen atoms in total. The lowest BCUT2D eigenvalue weighted by Crippen LogP contribution is -2.35. The number of hydrogen-bond donors (Lipinski definition) is 2. The van der Waals surface area contributed by atoms with Crippen LogP contribution in [-0.2, 0) is 6.42 Å². The van der Waals surface area contributed by atoms with Crippen molar-refractivity contribution in [2.45, 2.75) is 26.3 Å². The largest absolute Gasteiger partial charge is 0.270 e. The summed E-state index contributed by atoms with van der Waals surface area (Å²) in [6.45, 7) is 4.19. The van der Waals surface area contributed by atoms with Gasteiger partial charge in [0.2, 0.25) is 0 Å². The molecule has 0 amide bonds. The molecule has 2 heteroatoms. The van der Waals surface area contributed by atoms with Gasteiger partial charge in [0.1, 0.15) is 0 Å². The Morgan fingerprint density at radius 3 is 2.64 bits per heavy atom. The molecule has 0 aromatic heterocycles. The summed E-state index contributed by atoms with van der Waals surface area (Å²) in [6.07, 6.45) is 6.08. The third-order valence-electron chi connectivity index (χ3n) is 2.41. The summed E-state index contributed by atoms with van der Waals surface area (Å²) < 4.78 is 0. The van der Waals surface area contributed by atoms with Gasteiger partial charge in [0.15, 0.2) is 0 Å². The van der Waals surface area contributed by atoms with Crippen LogP contribution >= 0.6 is 0 Å². The van der Waals surface area contributed by atoms with Gasteiger partial charge in [-0.05, 0) is 30.5 Å². The lowest BCUT2D eigenvalue weighted by atomic mass is 10.0. The Morgan fingerprint density at radius 1 is 1.43 bits per heavy atom. The van der Waals surface area contributed by atoms with Crippen LogP contribution in [0.4, 0.5) is 0 Å². The summed E-state index contributed by atoms with van der Waals surface area (Å²) in [6, 6.07) is 6.26. The first-order valence-corrected chi connectivity index (χ1v) is 4.65. The van der Waals surface area contributed by atoms with Gasteiger partial charge in [-0.1, -0.05) is 24.1 Å². The Bertz CT molecular complexity index is 350. The van der Waals surface area contributed by atoms with E-state index in [9.17, 15) is 0 Å². The van der Waals surface area contributed by atoms with Crippen molar-refractivity contribution in [1.82, 2.24) is 5.43 Å². The fraction of sp³-hybridized carbons (Fsp3) is 0.333. The molecule has 1 aromatic carbocycles. The first kappa shape index (κ1) is 10.8. The topological polar surface area (TPSA) is 38.0 Å².